The predicted octanol–water partition coefficient (Wildman–Crippen LogP) is 3.09. The lowest BCUT2D eigenvalue weighted by Crippen LogP contribution is -2.45. The van der Waals surface area contributed by atoms with Crippen LogP contribution in [0.25, 0.3) is 0 Å². The van der Waals surface area contributed by atoms with Gasteiger partial charge in [-0.15, -0.1) is 0 Å². The summed E-state index contributed by atoms with van der Waals surface area (Å²) in [5, 5.41) is 23.3. The number of hydrogen-bond acceptors (Lipinski definition) is 5. The Morgan fingerprint density at radius 1 is 1.26 bits per heavy atom. The molecule has 1 amide bonds. The SMILES string of the molecule is Cc1cc(NC(=O)[C@@](C)(O)COc2c(F)cc(F)cc2F)ccc1[N+](=O)[O-]. The van der Waals surface area contributed by atoms with Gasteiger partial charge >= 0.3 is 0 Å². The van der Waals surface area contributed by atoms with Gasteiger partial charge in [0.2, 0.25) is 0 Å². The van der Waals surface area contributed by atoms with Crippen LogP contribution in [0.4, 0.5) is 24.5 Å². The van der Waals surface area contributed by atoms with Crippen LogP contribution in [-0.2, 0) is 4.79 Å². The average Bonchev–Trinajstić information content (AvgIpc) is 2.53. The molecule has 27 heavy (non-hydrogen) atoms. The van der Waals surface area contributed by atoms with Gasteiger partial charge in [-0.3, -0.25) is 14.9 Å². The number of rotatable bonds is 6. The number of amides is 1. The maximum absolute atomic E-state index is 13.5. The number of nitro groups is 1. The molecule has 144 valence electrons. The van der Waals surface area contributed by atoms with E-state index in [-0.39, 0.29) is 16.9 Å². The Hall–Kier alpha value is -3.14. The van der Waals surface area contributed by atoms with Crippen LogP contribution in [0.1, 0.15) is 12.5 Å². The van der Waals surface area contributed by atoms with Crippen LogP contribution in [0.15, 0.2) is 30.3 Å². The lowest BCUT2D eigenvalue weighted by molar-refractivity contribution is -0.385. The molecule has 0 spiro atoms. The van der Waals surface area contributed by atoms with Crippen molar-refractivity contribution in [1.29, 1.82) is 0 Å². The van der Waals surface area contributed by atoms with Gasteiger partial charge in [0.1, 0.15) is 12.4 Å². The first-order valence-corrected chi connectivity index (χ1v) is 7.57. The molecule has 0 aliphatic carbocycles. The standard InChI is InChI=1S/C17H15F3N2O5/c1-9-5-11(3-4-14(9)22(25)26)21-16(23)17(2,24)8-27-15-12(19)6-10(18)7-13(15)20/h3-7,24H,8H2,1-2H3,(H,21,23)/t17-/m0/s1. The molecule has 2 aromatic carbocycles. The molecule has 0 heterocycles. The lowest BCUT2D eigenvalue weighted by atomic mass is 10.1. The van der Waals surface area contributed by atoms with Crippen LogP contribution >= 0.6 is 0 Å². The number of aryl methyl sites for hydroxylation is 1. The summed E-state index contributed by atoms with van der Waals surface area (Å²) in [6.45, 7) is 1.68. The molecule has 0 fully saturated rings. The molecule has 0 aliphatic heterocycles. The smallest absolute Gasteiger partial charge is 0.272 e. The summed E-state index contributed by atoms with van der Waals surface area (Å²) in [5.74, 6) is -5.70. The molecule has 2 N–H and O–H groups in total. The summed E-state index contributed by atoms with van der Waals surface area (Å²) >= 11 is 0. The van der Waals surface area contributed by atoms with E-state index in [9.17, 15) is 33.2 Å². The number of carbonyl (C=O) groups excluding carboxylic acids is 1. The zero-order chi connectivity index (χ0) is 20.4. The van der Waals surface area contributed by atoms with E-state index in [2.05, 4.69) is 5.32 Å². The Morgan fingerprint density at radius 3 is 2.37 bits per heavy atom. The van der Waals surface area contributed by atoms with Crippen molar-refractivity contribution in [1.82, 2.24) is 0 Å². The normalized spacial score (nSPS) is 13.0. The summed E-state index contributed by atoms with van der Waals surface area (Å²) < 4.78 is 44.8. The molecule has 0 radical (unpaired) electrons. The maximum atomic E-state index is 13.5. The topological polar surface area (TPSA) is 102 Å². The van der Waals surface area contributed by atoms with Gasteiger partial charge in [-0.2, -0.15) is 0 Å². The van der Waals surface area contributed by atoms with Crippen LogP contribution in [0, 0.1) is 34.5 Å². The zero-order valence-electron chi connectivity index (χ0n) is 14.3. The number of benzene rings is 2. The first kappa shape index (κ1) is 20.2. The van der Waals surface area contributed by atoms with Crippen molar-refractivity contribution >= 4 is 17.3 Å². The Labute approximate surface area is 151 Å². The van der Waals surface area contributed by atoms with Gasteiger partial charge in [0, 0.05) is 29.4 Å². The van der Waals surface area contributed by atoms with Crippen LogP contribution in [0.5, 0.6) is 5.75 Å². The van der Waals surface area contributed by atoms with Crippen molar-refractivity contribution in [3.63, 3.8) is 0 Å². The Bertz CT molecular complexity index is 879. The number of halogens is 3. The van der Waals surface area contributed by atoms with Gasteiger partial charge < -0.3 is 15.2 Å². The highest BCUT2D eigenvalue weighted by molar-refractivity contribution is 5.97. The van der Waals surface area contributed by atoms with E-state index in [1.807, 2.05) is 0 Å². The van der Waals surface area contributed by atoms with E-state index in [4.69, 9.17) is 4.74 Å². The van der Waals surface area contributed by atoms with Crippen molar-refractivity contribution in [3.05, 3.63) is 63.5 Å². The van der Waals surface area contributed by atoms with Gasteiger partial charge in [-0.05, 0) is 26.0 Å². The Balaban J connectivity index is 2.09. The first-order valence-electron chi connectivity index (χ1n) is 7.57. The fraction of sp³-hybridized carbons (Fsp3) is 0.235. The molecule has 0 unspecified atom stereocenters. The third kappa shape index (κ3) is 4.73. The number of hydrogen-bond donors (Lipinski definition) is 2. The number of nitrogens with zero attached hydrogens (tertiary/aromatic N) is 1. The van der Waals surface area contributed by atoms with E-state index in [0.717, 1.165) is 6.92 Å². The minimum Gasteiger partial charge on any atom is -0.484 e. The second kappa shape index (κ2) is 7.62. The lowest BCUT2D eigenvalue weighted by Gasteiger charge is -2.23. The monoisotopic (exact) mass is 384 g/mol. The van der Waals surface area contributed by atoms with Gasteiger partial charge in [0.05, 0.1) is 4.92 Å². The minimum atomic E-state index is -2.21. The van der Waals surface area contributed by atoms with E-state index < -0.39 is 46.2 Å². The van der Waals surface area contributed by atoms with Gasteiger partial charge in [-0.1, -0.05) is 0 Å². The van der Waals surface area contributed by atoms with Crippen LogP contribution < -0.4 is 10.1 Å². The molecule has 0 saturated carbocycles. The molecule has 1 atom stereocenters. The second-order valence-electron chi connectivity index (χ2n) is 5.97. The van der Waals surface area contributed by atoms with Crippen molar-refractivity contribution in [2.45, 2.75) is 19.4 Å². The highest BCUT2D eigenvalue weighted by atomic mass is 19.1. The number of aliphatic hydroxyl groups is 1. The molecular weight excluding hydrogens is 369 g/mol. The first-order chi connectivity index (χ1) is 12.5. The maximum Gasteiger partial charge on any atom is 0.272 e. The summed E-state index contributed by atoms with van der Waals surface area (Å²) in [5.41, 5.74) is -1.90. The van der Waals surface area contributed by atoms with Crippen LogP contribution in [0.2, 0.25) is 0 Å². The average molecular weight is 384 g/mol. The third-order valence-corrected chi connectivity index (χ3v) is 3.60. The van der Waals surface area contributed by atoms with Gasteiger partial charge in [0.25, 0.3) is 11.6 Å². The molecule has 7 nitrogen and oxygen atoms in total. The molecule has 0 aliphatic rings. The van der Waals surface area contributed by atoms with Crippen molar-refractivity contribution in [2.24, 2.45) is 0 Å². The molecule has 0 saturated heterocycles. The number of anilines is 1. The fourth-order valence-corrected chi connectivity index (χ4v) is 2.15. The van der Waals surface area contributed by atoms with Gasteiger partial charge in [0.15, 0.2) is 23.0 Å². The quantitative estimate of drug-likeness (QED) is 0.589. The number of carbonyl (C=O) groups is 1. The molecule has 2 rings (SSSR count). The van der Waals surface area contributed by atoms with E-state index in [0.29, 0.717) is 12.1 Å². The van der Waals surface area contributed by atoms with Crippen LogP contribution in [0.3, 0.4) is 0 Å². The van der Waals surface area contributed by atoms with Gasteiger partial charge in [-0.25, -0.2) is 13.2 Å². The highest BCUT2D eigenvalue weighted by Gasteiger charge is 2.32. The minimum absolute atomic E-state index is 0.148. The third-order valence-electron chi connectivity index (χ3n) is 3.60. The zero-order valence-corrected chi connectivity index (χ0v) is 14.3. The van der Waals surface area contributed by atoms with Crippen molar-refractivity contribution in [2.75, 3.05) is 11.9 Å². The molecule has 0 bridgehead atoms. The van der Waals surface area contributed by atoms with Crippen molar-refractivity contribution in [3.8, 4) is 5.75 Å². The summed E-state index contributed by atoms with van der Waals surface area (Å²) in [6, 6.07) is 4.56. The Morgan fingerprint density at radius 2 is 1.85 bits per heavy atom. The number of nitro benzene ring substituents is 1. The molecule has 2 aromatic rings. The number of nitrogens with one attached hydrogen (secondary N) is 1. The molecule has 0 aromatic heterocycles. The number of ether oxygens (including phenoxy) is 1. The summed E-state index contributed by atoms with van der Waals surface area (Å²) in [4.78, 5) is 22.4. The van der Waals surface area contributed by atoms with Crippen molar-refractivity contribution < 1.29 is 32.7 Å². The predicted molar refractivity (Wildman–Crippen MR) is 88.9 cm³/mol. The summed E-state index contributed by atoms with van der Waals surface area (Å²) in [6.07, 6.45) is 0. The second-order valence-corrected chi connectivity index (χ2v) is 5.97. The van der Waals surface area contributed by atoms with E-state index in [1.165, 1.54) is 25.1 Å². The largest absolute Gasteiger partial charge is 0.484 e. The molecule has 10 heteroatoms. The fourth-order valence-electron chi connectivity index (χ4n) is 2.15. The van der Waals surface area contributed by atoms with Crippen LogP contribution in [-0.4, -0.2) is 28.1 Å². The van der Waals surface area contributed by atoms with E-state index in [1.54, 1.807) is 0 Å². The Kier molecular flexibility index (Phi) is 5.69. The highest BCUT2D eigenvalue weighted by Crippen LogP contribution is 2.25. The van der Waals surface area contributed by atoms with E-state index >= 15 is 0 Å². The molecular formula is C17H15F3N2O5. The summed E-state index contributed by atoms with van der Waals surface area (Å²) in [7, 11) is 0.